The highest BCUT2D eigenvalue weighted by Gasteiger charge is 2.16. The van der Waals surface area contributed by atoms with E-state index >= 15 is 0 Å². The molecule has 1 fully saturated rings. The molecule has 1 atom stereocenters. The third-order valence-corrected chi connectivity index (χ3v) is 4.02. The normalized spacial score (nSPS) is 22.9. The standard InChI is InChI=1S/C12H20N2S/c1-14(10-12-5-3-9-15-12)11-4-2-7-13-8-6-11/h3,5,9,11,13H,2,4,6-8,10H2,1H3. The van der Waals surface area contributed by atoms with Crippen molar-refractivity contribution >= 4 is 11.3 Å². The van der Waals surface area contributed by atoms with Gasteiger partial charge in [-0.25, -0.2) is 0 Å². The van der Waals surface area contributed by atoms with E-state index in [1.807, 2.05) is 11.3 Å². The lowest BCUT2D eigenvalue weighted by molar-refractivity contribution is 0.218. The smallest absolute Gasteiger partial charge is 0.0327 e. The van der Waals surface area contributed by atoms with E-state index in [0.29, 0.717) is 0 Å². The minimum atomic E-state index is 0.766. The molecule has 1 N–H and O–H groups in total. The third-order valence-electron chi connectivity index (χ3n) is 3.15. The number of nitrogens with one attached hydrogen (secondary N) is 1. The lowest BCUT2D eigenvalue weighted by atomic mass is 10.1. The quantitative estimate of drug-likeness (QED) is 0.847. The molecule has 3 heteroatoms. The van der Waals surface area contributed by atoms with Crippen LogP contribution in [-0.2, 0) is 6.54 Å². The summed E-state index contributed by atoms with van der Waals surface area (Å²) in [6, 6.07) is 5.14. The fraction of sp³-hybridized carbons (Fsp3) is 0.667. The van der Waals surface area contributed by atoms with E-state index in [9.17, 15) is 0 Å². The van der Waals surface area contributed by atoms with Crippen molar-refractivity contribution in [3.05, 3.63) is 22.4 Å². The molecule has 1 aromatic heterocycles. The summed E-state index contributed by atoms with van der Waals surface area (Å²) in [6.07, 6.45) is 3.95. The van der Waals surface area contributed by atoms with Crippen LogP contribution in [0.2, 0.25) is 0 Å². The average Bonchev–Trinajstić information content (AvgIpc) is 2.58. The molecule has 0 amide bonds. The number of rotatable bonds is 3. The Kier molecular flexibility index (Phi) is 4.18. The van der Waals surface area contributed by atoms with E-state index in [1.54, 1.807) is 0 Å². The minimum Gasteiger partial charge on any atom is -0.317 e. The molecule has 0 aromatic carbocycles. The molecule has 84 valence electrons. The zero-order valence-electron chi connectivity index (χ0n) is 9.41. The zero-order chi connectivity index (χ0) is 10.5. The lowest BCUT2D eigenvalue weighted by Crippen LogP contribution is -2.31. The molecule has 1 unspecified atom stereocenters. The Morgan fingerprint density at radius 1 is 1.47 bits per heavy atom. The van der Waals surface area contributed by atoms with E-state index in [-0.39, 0.29) is 0 Å². The van der Waals surface area contributed by atoms with Crippen LogP contribution in [0.3, 0.4) is 0 Å². The highest BCUT2D eigenvalue weighted by atomic mass is 32.1. The lowest BCUT2D eigenvalue weighted by Gasteiger charge is -2.26. The molecule has 0 saturated carbocycles. The van der Waals surface area contributed by atoms with Crippen LogP contribution in [0.5, 0.6) is 0 Å². The largest absolute Gasteiger partial charge is 0.317 e. The molecule has 0 spiro atoms. The van der Waals surface area contributed by atoms with Gasteiger partial charge in [-0.1, -0.05) is 6.07 Å². The van der Waals surface area contributed by atoms with Gasteiger partial charge in [-0.3, -0.25) is 4.90 Å². The van der Waals surface area contributed by atoms with Gasteiger partial charge < -0.3 is 5.32 Å². The molecular formula is C12H20N2S. The molecule has 0 bridgehead atoms. The van der Waals surface area contributed by atoms with Gasteiger partial charge in [0.2, 0.25) is 0 Å². The van der Waals surface area contributed by atoms with Gasteiger partial charge in [-0.15, -0.1) is 11.3 Å². The van der Waals surface area contributed by atoms with Gasteiger partial charge in [0.15, 0.2) is 0 Å². The highest BCUT2D eigenvalue weighted by Crippen LogP contribution is 2.17. The van der Waals surface area contributed by atoms with Crippen molar-refractivity contribution in [1.82, 2.24) is 10.2 Å². The molecule has 15 heavy (non-hydrogen) atoms. The first-order chi connectivity index (χ1) is 7.36. The van der Waals surface area contributed by atoms with Crippen molar-refractivity contribution in [1.29, 1.82) is 0 Å². The minimum absolute atomic E-state index is 0.766. The van der Waals surface area contributed by atoms with E-state index < -0.39 is 0 Å². The van der Waals surface area contributed by atoms with Crippen LogP contribution in [0, 0.1) is 0 Å². The van der Waals surface area contributed by atoms with Crippen molar-refractivity contribution in [2.24, 2.45) is 0 Å². The zero-order valence-corrected chi connectivity index (χ0v) is 10.2. The third kappa shape index (κ3) is 3.30. The van der Waals surface area contributed by atoms with Gasteiger partial charge in [-0.2, -0.15) is 0 Å². The molecule has 1 aromatic rings. The summed E-state index contributed by atoms with van der Waals surface area (Å²) in [5, 5.41) is 5.63. The topological polar surface area (TPSA) is 15.3 Å². The van der Waals surface area contributed by atoms with Gasteiger partial charge >= 0.3 is 0 Å². The molecule has 2 heterocycles. The van der Waals surface area contributed by atoms with Gasteiger partial charge in [0.05, 0.1) is 0 Å². The van der Waals surface area contributed by atoms with Crippen molar-refractivity contribution in [3.8, 4) is 0 Å². The maximum Gasteiger partial charge on any atom is 0.0327 e. The van der Waals surface area contributed by atoms with Crippen LogP contribution in [0.25, 0.3) is 0 Å². The maximum atomic E-state index is 3.47. The first-order valence-corrected chi connectivity index (χ1v) is 6.67. The van der Waals surface area contributed by atoms with E-state index in [0.717, 1.165) is 12.6 Å². The molecule has 1 aliphatic rings. The monoisotopic (exact) mass is 224 g/mol. The summed E-state index contributed by atoms with van der Waals surface area (Å²) >= 11 is 1.86. The predicted octanol–water partition coefficient (Wildman–Crippen LogP) is 2.32. The van der Waals surface area contributed by atoms with Crippen molar-refractivity contribution in [3.63, 3.8) is 0 Å². The van der Waals surface area contributed by atoms with Gasteiger partial charge in [0.25, 0.3) is 0 Å². The van der Waals surface area contributed by atoms with Crippen LogP contribution < -0.4 is 5.32 Å². The summed E-state index contributed by atoms with van der Waals surface area (Å²) in [7, 11) is 2.26. The Hall–Kier alpha value is -0.380. The first kappa shape index (κ1) is 11.1. The summed E-state index contributed by atoms with van der Waals surface area (Å²) in [5.41, 5.74) is 0. The maximum absolute atomic E-state index is 3.47. The molecule has 0 radical (unpaired) electrons. The average molecular weight is 224 g/mol. The summed E-state index contributed by atoms with van der Waals surface area (Å²) in [5.74, 6) is 0. The molecule has 2 nitrogen and oxygen atoms in total. The highest BCUT2D eigenvalue weighted by molar-refractivity contribution is 7.09. The van der Waals surface area contributed by atoms with E-state index in [1.165, 1.54) is 37.2 Å². The summed E-state index contributed by atoms with van der Waals surface area (Å²) < 4.78 is 0. The van der Waals surface area contributed by atoms with Crippen LogP contribution in [0.4, 0.5) is 0 Å². The molecular weight excluding hydrogens is 204 g/mol. The number of thiophene rings is 1. The second kappa shape index (κ2) is 5.64. The Morgan fingerprint density at radius 3 is 3.20 bits per heavy atom. The van der Waals surface area contributed by atoms with Gasteiger partial charge in [0.1, 0.15) is 0 Å². The first-order valence-electron chi connectivity index (χ1n) is 5.79. The van der Waals surface area contributed by atoms with Crippen LogP contribution in [-0.4, -0.2) is 31.1 Å². The summed E-state index contributed by atoms with van der Waals surface area (Å²) in [4.78, 5) is 3.99. The van der Waals surface area contributed by atoms with Crippen molar-refractivity contribution in [2.75, 3.05) is 20.1 Å². The van der Waals surface area contributed by atoms with Crippen LogP contribution >= 0.6 is 11.3 Å². The Labute approximate surface area is 96.3 Å². The van der Waals surface area contributed by atoms with E-state index in [2.05, 4.69) is 34.8 Å². The number of hydrogen-bond acceptors (Lipinski definition) is 3. The fourth-order valence-corrected chi connectivity index (χ4v) is 2.99. The number of hydrogen-bond donors (Lipinski definition) is 1. The fourth-order valence-electron chi connectivity index (χ4n) is 2.22. The van der Waals surface area contributed by atoms with Gasteiger partial charge in [0, 0.05) is 17.5 Å². The number of nitrogens with zero attached hydrogens (tertiary/aromatic N) is 1. The van der Waals surface area contributed by atoms with Crippen molar-refractivity contribution < 1.29 is 0 Å². The summed E-state index contributed by atoms with van der Waals surface area (Å²) in [6.45, 7) is 3.49. The molecule has 1 saturated heterocycles. The Morgan fingerprint density at radius 2 is 2.40 bits per heavy atom. The molecule has 2 rings (SSSR count). The van der Waals surface area contributed by atoms with Crippen LogP contribution in [0.1, 0.15) is 24.1 Å². The SMILES string of the molecule is CN(Cc1cccs1)C1CCCNCC1. The predicted molar refractivity (Wildman–Crippen MR) is 66.3 cm³/mol. The van der Waals surface area contributed by atoms with Crippen LogP contribution in [0.15, 0.2) is 17.5 Å². The van der Waals surface area contributed by atoms with E-state index in [4.69, 9.17) is 0 Å². The molecule has 1 aliphatic heterocycles. The van der Waals surface area contributed by atoms with Crippen molar-refractivity contribution in [2.45, 2.75) is 31.8 Å². The second-order valence-corrected chi connectivity index (χ2v) is 5.36. The Bertz CT molecular complexity index is 263. The Balaban J connectivity index is 1.86. The molecule has 0 aliphatic carbocycles. The second-order valence-electron chi connectivity index (χ2n) is 4.33. The van der Waals surface area contributed by atoms with Gasteiger partial charge in [-0.05, 0) is 50.8 Å².